The van der Waals surface area contributed by atoms with Gasteiger partial charge in [0.15, 0.2) is 5.82 Å². The SMILES string of the molecule is Cc1cccc(-n2nc(C(=O)Nc3cccc(Cl)c3)nc2-c2ccc(F)cc2)c1C. The maximum atomic E-state index is 13.4. The van der Waals surface area contributed by atoms with Gasteiger partial charge in [0, 0.05) is 16.3 Å². The van der Waals surface area contributed by atoms with E-state index in [9.17, 15) is 9.18 Å². The first-order chi connectivity index (χ1) is 14.4. The van der Waals surface area contributed by atoms with E-state index in [1.807, 2.05) is 32.0 Å². The van der Waals surface area contributed by atoms with E-state index < -0.39 is 5.91 Å². The van der Waals surface area contributed by atoms with Crippen LogP contribution in [-0.2, 0) is 0 Å². The molecule has 0 aliphatic carbocycles. The zero-order chi connectivity index (χ0) is 21.3. The number of rotatable bonds is 4. The highest BCUT2D eigenvalue weighted by molar-refractivity contribution is 6.30. The predicted molar refractivity (Wildman–Crippen MR) is 116 cm³/mol. The summed E-state index contributed by atoms with van der Waals surface area (Å²) < 4.78 is 15.0. The van der Waals surface area contributed by atoms with Crippen LogP contribution in [0.15, 0.2) is 66.7 Å². The zero-order valence-corrected chi connectivity index (χ0v) is 17.1. The highest BCUT2D eigenvalue weighted by Crippen LogP contribution is 2.25. The van der Waals surface area contributed by atoms with Crippen molar-refractivity contribution in [2.45, 2.75) is 13.8 Å². The van der Waals surface area contributed by atoms with Gasteiger partial charge in [-0.2, -0.15) is 0 Å². The fraction of sp³-hybridized carbons (Fsp3) is 0.0870. The maximum absolute atomic E-state index is 13.4. The fourth-order valence-corrected chi connectivity index (χ4v) is 3.27. The summed E-state index contributed by atoms with van der Waals surface area (Å²) in [6, 6.07) is 18.6. The number of nitrogens with one attached hydrogen (secondary N) is 1. The van der Waals surface area contributed by atoms with Gasteiger partial charge in [0.25, 0.3) is 5.91 Å². The molecule has 0 saturated carbocycles. The van der Waals surface area contributed by atoms with Crippen molar-refractivity contribution in [2.24, 2.45) is 0 Å². The van der Waals surface area contributed by atoms with Gasteiger partial charge in [-0.1, -0.05) is 29.8 Å². The Kier molecular flexibility index (Phi) is 5.33. The first-order valence-electron chi connectivity index (χ1n) is 9.29. The van der Waals surface area contributed by atoms with E-state index in [1.54, 1.807) is 41.1 Å². The lowest BCUT2D eigenvalue weighted by Gasteiger charge is -2.11. The monoisotopic (exact) mass is 420 g/mol. The summed E-state index contributed by atoms with van der Waals surface area (Å²) >= 11 is 5.99. The van der Waals surface area contributed by atoms with Crippen molar-refractivity contribution in [3.8, 4) is 17.1 Å². The highest BCUT2D eigenvalue weighted by Gasteiger charge is 2.20. The minimum absolute atomic E-state index is 0.00444. The van der Waals surface area contributed by atoms with Gasteiger partial charge in [0.1, 0.15) is 5.82 Å². The first-order valence-corrected chi connectivity index (χ1v) is 9.66. The van der Waals surface area contributed by atoms with Crippen LogP contribution in [0, 0.1) is 19.7 Å². The van der Waals surface area contributed by atoms with Gasteiger partial charge < -0.3 is 5.32 Å². The van der Waals surface area contributed by atoms with Crippen LogP contribution in [-0.4, -0.2) is 20.7 Å². The summed E-state index contributed by atoms with van der Waals surface area (Å²) in [4.78, 5) is 17.3. The minimum atomic E-state index is -0.468. The molecule has 1 heterocycles. The molecule has 3 aromatic carbocycles. The second kappa shape index (κ2) is 8.08. The summed E-state index contributed by atoms with van der Waals surface area (Å²) in [6.07, 6.45) is 0. The van der Waals surface area contributed by atoms with Crippen LogP contribution in [0.5, 0.6) is 0 Å². The molecular formula is C23H18ClFN4O. The second-order valence-corrected chi connectivity index (χ2v) is 7.30. The van der Waals surface area contributed by atoms with Crippen LogP contribution < -0.4 is 5.32 Å². The van der Waals surface area contributed by atoms with Gasteiger partial charge in [0.2, 0.25) is 5.82 Å². The van der Waals surface area contributed by atoms with Crippen molar-refractivity contribution < 1.29 is 9.18 Å². The van der Waals surface area contributed by atoms with E-state index in [2.05, 4.69) is 15.4 Å². The second-order valence-electron chi connectivity index (χ2n) is 6.86. The number of carbonyl (C=O) groups is 1. The highest BCUT2D eigenvalue weighted by atomic mass is 35.5. The van der Waals surface area contributed by atoms with Crippen LogP contribution in [0.4, 0.5) is 10.1 Å². The van der Waals surface area contributed by atoms with Crippen molar-refractivity contribution in [3.63, 3.8) is 0 Å². The third kappa shape index (κ3) is 3.95. The number of amides is 1. The molecule has 150 valence electrons. The number of carbonyl (C=O) groups excluding carboxylic acids is 1. The molecule has 1 amide bonds. The summed E-state index contributed by atoms with van der Waals surface area (Å²) in [5, 5.41) is 7.73. The number of hydrogen-bond acceptors (Lipinski definition) is 3. The number of anilines is 1. The first kappa shape index (κ1) is 19.8. The Morgan fingerprint density at radius 2 is 1.77 bits per heavy atom. The lowest BCUT2D eigenvalue weighted by molar-refractivity contribution is 0.101. The Balaban J connectivity index is 1.80. The lowest BCUT2D eigenvalue weighted by Crippen LogP contribution is -2.14. The van der Waals surface area contributed by atoms with E-state index >= 15 is 0 Å². The lowest BCUT2D eigenvalue weighted by atomic mass is 10.1. The Morgan fingerprint density at radius 3 is 2.50 bits per heavy atom. The number of aryl methyl sites for hydroxylation is 1. The molecule has 0 radical (unpaired) electrons. The number of halogens is 2. The van der Waals surface area contributed by atoms with E-state index in [1.165, 1.54) is 12.1 Å². The molecule has 7 heteroatoms. The Bertz CT molecular complexity index is 1230. The number of benzene rings is 3. The van der Waals surface area contributed by atoms with E-state index in [-0.39, 0.29) is 11.6 Å². The standard InChI is InChI=1S/C23H18ClFN4O/c1-14-5-3-8-20(15(14)2)29-22(16-9-11-18(25)12-10-16)27-21(28-29)23(30)26-19-7-4-6-17(24)13-19/h3-13H,1-2H3,(H,26,30). The summed E-state index contributed by atoms with van der Waals surface area (Å²) in [5.74, 6) is -0.379. The molecular weight excluding hydrogens is 403 g/mol. The van der Waals surface area contributed by atoms with Crippen molar-refractivity contribution >= 4 is 23.2 Å². The molecule has 0 aliphatic rings. The molecule has 0 bridgehead atoms. The summed E-state index contributed by atoms with van der Waals surface area (Å²) in [7, 11) is 0. The van der Waals surface area contributed by atoms with E-state index in [0.29, 0.717) is 22.1 Å². The number of nitrogens with zero attached hydrogens (tertiary/aromatic N) is 3. The molecule has 4 aromatic rings. The van der Waals surface area contributed by atoms with Crippen LogP contribution in [0.3, 0.4) is 0 Å². The van der Waals surface area contributed by atoms with E-state index in [4.69, 9.17) is 11.6 Å². The smallest absolute Gasteiger partial charge is 0.295 e. The predicted octanol–water partition coefficient (Wildman–Crippen LogP) is 5.60. The van der Waals surface area contributed by atoms with Crippen LogP contribution >= 0.6 is 11.6 Å². The fourth-order valence-electron chi connectivity index (χ4n) is 3.08. The van der Waals surface area contributed by atoms with Gasteiger partial charge >= 0.3 is 0 Å². The van der Waals surface area contributed by atoms with Crippen molar-refractivity contribution in [1.82, 2.24) is 14.8 Å². The van der Waals surface area contributed by atoms with E-state index in [0.717, 1.165) is 16.8 Å². The molecule has 30 heavy (non-hydrogen) atoms. The average Bonchev–Trinajstić information content (AvgIpc) is 3.16. The van der Waals surface area contributed by atoms with Crippen LogP contribution in [0.25, 0.3) is 17.1 Å². The molecule has 0 atom stereocenters. The quantitative estimate of drug-likeness (QED) is 0.467. The molecule has 1 N–H and O–H groups in total. The zero-order valence-electron chi connectivity index (χ0n) is 16.4. The van der Waals surface area contributed by atoms with Gasteiger partial charge in [-0.05, 0) is 73.5 Å². The Morgan fingerprint density at radius 1 is 1.03 bits per heavy atom. The molecule has 0 fully saturated rings. The molecule has 0 unspecified atom stereocenters. The number of hydrogen-bond donors (Lipinski definition) is 1. The largest absolute Gasteiger partial charge is 0.319 e. The van der Waals surface area contributed by atoms with Crippen molar-refractivity contribution in [1.29, 1.82) is 0 Å². The van der Waals surface area contributed by atoms with Gasteiger partial charge in [-0.15, -0.1) is 5.10 Å². The molecule has 5 nitrogen and oxygen atoms in total. The summed E-state index contributed by atoms with van der Waals surface area (Å²) in [6.45, 7) is 3.98. The molecule has 0 aliphatic heterocycles. The topological polar surface area (TPSA) is 59.8 Å². The molecule has 0 saturated heterocycles. The third-order valence-corrected chi connectivity index (χ3v) is 5.03. The summed E-state index contributed by atoms with van der Waals surface area (Å²) in [5.41, 5.74) is 4.07. The maximum Gasteiger partial charge on any atom is 0.295 e. The van der Waals surface area contributed by atoms with Crippen LogP contribution in [0.1, 0.15) is 21.7 Å². The van der Waals surface area contributed by atoms with Gasteiger partial charge in [-0.25, -0.2) is 14.1 Å². The van der Waals surface area contributed by atoms with Gasteiger partial charge in [0.05, 0.1) is 5.69 Å². The van der Waals surface area contributed by atoms with Crippen molar-refractivity contribution in [3.05, 3.63) is 94.5 Å². The van der Waals surface area contributed by atoms with Crippen molar-refractivity contribution in [2.75, 3.05) is 5.32 Å². The Hall–Kier alpha value is -3.51. The van der Waals surface area contributed by atoms with Crippen LogP contribution in [0.2, 0.25) is 5.02 Å². The number of aromatic nitrogens is 3. The molecule has 1 aromatic heterocycles. The minimum Gasteiger partial charge on any atom is -0.319 e. The average molecular weight is 421 g/mol. The Labute approximate surface area is 178 Å². The molecule has 0 spiro atoms. The third-order valence-electron chi connectivity index (χ3n) is 4.80. The molecule has 4 rings (SSSR count). The normalized spacial score (nSPS) is 10.8. The van der Waals surface area contributed by atoms with Gasteiger partial charge in [-0.3, -0.25) is 4.79 Å².